The molecule has 1 N–H and O–H groups in total. The molecule has 0 aliphatic carbocycles. The topological polar surface area (TPSA) is 100 Å². The number of carbonyl (C=O) groups is 1. The smallest absolute Gasteiger partial charge is 0.338 e. The molecule has 1 unspecified atom stereocenters. The molecule has 1 aliphatic rings. The lowest BCUT2D eigenvalue weighted by molar-refractivity contribution is -0.136. The first-order chi connectivity index (χ1) is 12.5. The van der Waals surface area contributed by atoms with E-state index in [1.54, 1.807) is 14.0 Å². The second kappa shape index (κ2) is 7.03. The average Bonchev–Trinajstić information content (AvgIpc) is 3.07. The number of nitrogens with one attached hydrogen (secondary N) is 1. The van der Waals surface area contributed by atoms with E-state index in [1.165, 1.54) is 11.8 Å². The molecule has 0 amide bonds. The molecule has 1 aliphatic heterocycles. The van der Waals surface area contributed by atoms with E-state index in [4.69, 9.17) is 14.2 Å². The first-order valence-corrected chi connectivity index (χ1v) is 8.14. The monoisotopic (exact) mass is 359 g/mol. The molecule has 0 saturated heterocycles. The number of nitrogens with zero attached hydrogens (tertiary/aromatic N) is 4. The highest BCUT2D eigenvalue weighted by Crippen LogP contribution is 2.38. The molecule has 26 heavy (non-hydrogen) atoms. The largest absolute Gasteiger partial charge is 0.493 e. The molecule has 1 aromatic carbocycles. The summed E-state index contributed by atoms with van der Waals surface area (Å²) < 4.78 is 17.7. The van der Waals surface area contributed by atoms with Gasteiger partial charge in [-0.15, -0.1) is 0 Å². The number of esters is 1. The van der Waals surface area contributed by atoms with Gasteiger partial charge < -0.3 is 19.5 Å². The molecule has 2 aromatic rings. The van der Waals surface area contributed by atoms with Crippen molar-refractivity contribution in [2.45, 2.75) is 32.9 Å². The van der Waals surface area contributed by atoms with Gasteiger partial charge in [0.2, 0.25) is 5.95 Å². The maximum atomic E-state index is 12.4. The van der Waals surface area contributed by atoms with Gasteiger partial charge in [0.25, 0.3) is 0 Å². The van der Waals surface area contributed by atoms with Crippen molar-refractivity contribution in [3.8, 4) is 11.5 Å². The van der Waals surface area contributed by atoms with Crippen molar-refractivity contribution in [3.63, 3.8) is 0 Å². The van der Waals surface area contributed by atoms with Gasteiger partial charge >= 0.3 is 5.97 Å². The Morgan fingerprint density at radius 3 is 2.69 bits per heavy atom. The fraction of sp³-hybridized carbons (Fsp3) is 0.412. The van der Waals surface area contributed by atoms with E-state index in [1.807, 2.05) is 32.0 Å². The molecule has 0 radical (unpaired) electrons. The summed E-state index contributed by atoms with van der Waals surface area (Å²) in [6.45, 7) is 5.66. The lowest BCUT2D eigenvalue weighted by atomic mass is 9.95. The molecular weight excluding hydrogens is 338 g/mol. The summed E-state index contributed by atoms with van der Waals surface area (Å²) in [4.78, 5) is 12.4. The zero-order chi connectivity index (χ0) is 18.8. The third kappa shape index (κ3) is 3.07. The number of carbonyl (C=O) groups excluding carboxylic acids is 1. The summed E-state index contributed by atoms with van der Waals surface area (Å²) in [5, 5.41) is 14.7. The van der Waals surface area contributed by atoms with Crippen molar-refractivity contribution >= 4 is 11.9 Å². The van der Waals surface area contributed by atoms with Gasteiger partial charge in [-0.05, 0) is 48.9 Å². The number of allylic oxidation sites excluding steroid dienone is 1. The summed E-state index contributed by atoms with van der Waals surface area (Å²) in [5.41, 5.74) is 1.82. The lowest BCUT2D eigenvalue weighted by Crippen LogP contribution is -2.29. The first-order valence-electron chi connectivity index (χ1n) is 8.14. The summed E-state index contributed by atoms with van der Waals surface area (Å²) in [5.74, 6) is 1.17. The number of tetrazole rings is 1. The van der Waals surface area contributed by atoms with E-state index in [2.05, 4.69) is 20.8 Å². The van der Waals surface area contributed by atoms with Crippen molar-refractivity contribution in [1.82, 2.24) is 20.2 Å². The van der Waals surface area contributed by atoms with Crippen molar-refractivity contribution in [3.05, 3.63) is 35.0 Å². The van der Waals surface area contributed by atoms with Gasteiger partial charge in [-0.25, -0.2) is 4.79 Å². The highest BCUT2D eigenvalue weighted by atomic mass is 16.5. The van der Waals surface area contributed by atoms with Gasteiger partial charge in [-0.3, -0.25) is 0 Å². The summed E-state index contributed by atoms with van der Waals surface area (Å²) in [6, 6.07) is 4.94. The van der Waals surface area contributed by atoms with Crippen LogP contribution < -0.4 is 14.8 Å². The number of fused-ring (bicyclic) bond motifs is 1. The first kappa shape index (κ1) is 17.7. The van der Waals surface area contributed by atoms with Gasteiger partial charge in [0.05, 0.1) is 25.9 Å². The van der Waals surface area contributed by atoms with E-state index in [0.29, 0.717) is 28.7 Å². The van der Waals surface area contributed by atoms with Crippen molar-refractivity contribution < 1.29 is 19.0 Å². The zero-order valence-corrected chi connectivity index (χ0v) is 15.3. The van der Waals surface area contributed by atoms with Crippen molar-refractivity contribution in [1.29, 1.82) is 0 Å². The normalized spacial score (nSPS) is 16.2. The van der Waals surface area contributed by atoms with Gasteiger partial charge in [0.1, 0.15) is 6.04 Å². The van der Waals surface area contributed by atoms with Gasteiger partial charge in [-0.2, -0.15) is 4.68 Å². The predicted octanol–water partition coefficient (Wildman–Crippen LogP) is 1.93. The number of hydrogen-bond acceptors (Lipinski definition) is 8. The molecule has 9 heteroatoms. The molecule has 0 bridgehead atoms. The zero-order valence-electron chi connectivity index (χ0n) is 15.3. The van der Waals surface area contributed by atoms with Crippen molar-refractivity contribution in [2.24, 2.45) is 0 Å². The van der Waals surface area contributed by atoms with Crippen LogP contribution in [0.1, 0.15) is 32.4 Å². The van der Waals surface area contributed by atoms with E-state index in [0.717, 1.165) is 5.56 Å². The Hall–Kier alpha value is -3.10. The molecule has 1 aromatic heterocycles. The number of benzene rings is 1. The second-order valence-electron chi connectivity index (χ2n) is 6.08. The molecule has 3 rings (SSSR count). The number of aromatic nitrogens is 4. The summed E-state index contributed by atoms with van der Waals surface area (Å²) >= 11 is 0. The minimum Gasteiger partial charge on any atom is -0.493 e. The highest BCUT2D eigenvalue weighted by Gasteiger charge is 2.35. The Balaban J connectivity index is 2.12. The van der Waals surface area contributed by atoms with Crippen LogP contribution in [0.25, 0.3) is 0 Å². The van der Waals surface area contributed by atoms with Crippen LogP contribution in [0.4, 0.5) is 5.95 Å². The van der Waals surface area contributed by atoms with Crippen LogP contribution in [-0.4, -0.2) is 46.5 Å². The third-order valence-corrected chi connectivity index (χ3v) is 3.99. The molecule has 0 fully saturated rings. The maximum absolute atomic E-state index is 12.4. The maximum Gasteiger partial charge on any atom is 0.338 e. The molecule has 1 atom stereocenters. The van der Waals surface area contributed by atoms with E-state index in [9.17, 15) is 4.79 Å². The number of ether oxygens (including phenoxy) is 3. The molecule has 2 heterocycles. The van der Waals surface area contributed by atoms with Crippen molar-refractivity contribution in [2.75, 3.05) is 19.5 Å². The quantitative estimate of drug-likeness (QED) is 0.808. The Morgan fingerprint density at radius 1 is 1.27 bits per heavy atom. The molecule has 138 valence electrons. The van der Waals surface area contributed by atoms with Gasteiger partial charge in [0.15, 0.2) is 11.5 Å². The third-order valence-electron chi connectivity index (χ3n) is 3.99. The fourth-order valence-electron chi connectivity index (χ4n) is 2.90. The Bertz CT molecular complexity index is 859. The predicted molar refractivity (Wildman–Crippen MR) is 93.1 cm³/mol. The molecular formula is C17H21N5O4. The minimum atomic E-state index is -0.546. The lowest BCUT2D eigenvalue weighted by Gasteiger charge is -2.27. The fourth-order valence-corrected chi connectivity index (χ4v) is 2.90. The summed E-state index contributed by atoms with van der Waals surface area (Å²) in [6.07, 6.45) is 0.00696. The van der Waals surface area contributed by atoms with E-state index >= 15 is 0 Å². The Morgan fingerprint density at radius 2 is 2.04 bits per heavy atom. The number of methoxy groups -OCH3 is 2. The molecule has 0 spiro atoms. The van der Waals surface area contributed by atoms with Crippen LogP contribution in [0.3, 0.4) is 0 Å². The van der Waals surface area contributed by atoms with E-state index in [-0.39, 0.29) is 6.10 Å². The summed E-state index contributed by atoms with van der Waals surface area (Å²) in [7, 11) is 2.91. The second-order valence-corrected chi connectivity index (χ2v) is 6.08. The van der Waals surface area contributed by atoms with Crippen LogP contribution in [0, 0.1) is 0 Å². The Kier molecular flexibility index (Phi) is 4.79. The average molecular weight is 359 g/mol. The van der Waals surface area contributed by atoms with Gasteiger partial charge in [0, 0.05) is 5.70 Å². The van der Waals surface area contributed by atoms with E-state index < -0.39 is 12.0 Å². The number of hydrogen-bond donors (Lipinski definition) is 1. The number of rotatable bonds is 5. The SMILES string of the molecule is COC(=O)C1=C(C)Nc2nnnn2C1c1ccc(OC(C)C)c(OC)c1. The van der Waals surface area contributed by atoms with Crippen LogP contribution in [0.15, 0.2) is 29.5 Å². The standard InChI is InChI=1S/C17H21N5O4/c1-9(2)26-12-7-6-11(8-13(12)24-4)15-14(16(23)25-5)10(3)18-17-19-20-21-22(15)17/h6-9,15H,1-5H3,(H,18,19,21). The van der Waals surface area contributed by atoms with Crippen LogP contribution in [-0.2, 0) is 9.53 Å². The molecule has 9 nitrogen and oxygen atoms in total. The van der Waals surface area contributed by atoms with Crippen LogP contribution >= 0.6 is 0 Å². The number of anilines is 1. The van der Waals surface area contributed by atoms with Crippen LogP contribution in [0.2, 0.25) is 0 Å². The highest BCUT2D eigenvalue weighted by molar-refractivity contribution is 5.92. The molecule has 0 saturated carbocycles. The van der Waals surface area contributed by atoms with Gasteiger partial charge in [-0.1, -0.05) is 11.2 Å². The van der Waals surface area contributed by atoms with Crippen LogP contribution in [0.5, 0.6) is 11.5 Å². The Labute approximate surface area is 150 Å². The minimum absolute atomic E-state index is 0.00696.